The molecule has 0 saturated heterocycles. The molecular formula is C22H20F3N5O3. The van der Waals surface area contributed by atoms with Crippen molar-refractivity contribution in [2.75, 3.05) is 0 Å². The Morgan fingerprint density at radius 1 is 1.21 bits per heavy atom. The van der Waals surface area contributed by atoms with Crippen LogP contribution in [-0.4, -0.2) is 39.1 Å². The third kappa shape index (κ3) is 5.97. The van der Waals surface area contributed by atoms with Crippen LogP contribution in [0, 0.1) is 0 Å². The Kier molecular flexibility index (Phi) is 7.11. The van der Waals surface area contributed by atoms with Crippen LogP contribution in [-0.2, 0) is 9.59 Å². The summed E-state index contributed by atoms with van der Waals surface area (Å²) in [6.45, 7) is 2.09. The average Bonchev–Trinajstić information content (AvgIpc) is 3.36. The number of guanidine groups is 1. The number of nitrogens with one attached hydrogen (secondary N) is 3. The van der Waals surface area contributed by atoms with Crippen molar-refractivity contribution in [1.82, 2.24) is 20.6 Å². The zero-order valence-electron chi connectivity index (χ0n) is 17.3. The molecule has 0 radical (unpaired) electrons. The van der Waals surface area contributed by atoms with Gasteiger partial charge in [0.1, 0.15) is 11.3 Å². The van der Waals surface area contributed by atoms with Gasteiger partial charge in [-0.3, -0.25) is 10.1 Å². The van der Waals surface area contributed by atoms with Gasteiger partial charge in [-0.25, -0.2) is 14.8 Å². The van der Waals surface area contributed by atoms with E-state index in [0.29, 0.717) is 11.7 Å². The molecule has 1 aliphatic heterocycles. The highest BCUT2D eigenvalue weighted by atomic mass is 19.4. The number of amides is 1. The normalized spacial score (nSPS) is 15.5. The lowest BCUT2D eigenvalue weighted by Gasteiger charge is -2.17. The van der Waals surface area contributed by atoms with Gasteiger partial charge < -0.3 is 15.4 Å². The molecule has 1 amide bonds. The number of carbonyl (C=O) groups excluding carboxylic acids is 1. The van der Waals surface area contributed by atoms with Gasteiger partial charge in [0, 0.05) is 23.3 Å². The molecule has 1 atom stereocenters. The van der Waals surface area contributed by atoms with E-state index in [1.807, 2.05) is 36.5 Å². The number of hydrogen-bond acceptors (Lipinski definition) is 5. The van der Waals surface area contributed by atoms with E-state index in [-0.39, 0.29) is 11.9 Å². The lowest BCUT2D eigenvalue weighted by molar-refractivity contribution is -0.192. The summed E-state index contributed by atoms with van der Waals surface area (Å²) in [5.41, 5.74) is 3.21. The van der Waals surface area contributed by atoms with Crippen molar-refractivity contribution in [3.05, 3.63) is 71.7 Å². The largest absolute Gasteiger partial charge is 0.490 e. The number of carbonyl (C=O) groups is 2. The Labute approximate surface area is 186 Å². The van der Waals surface area contributed by atoms with Gasteiger partial charge in [0.05, 0.1) is 6.04 Å². The maximum atomic E-state index is 12.3. The fourth-order valence-corrected chi connectivity index (χ4v) is 3.05. The van der Waals surface area contributed by atoms with Crippen molar-refractivity contribution in [3.8, 4) is 0 Å². The minimum atomic E-state index is -5.08. The Hall–Kier alpha value is -4.15. The highest BCUT2D eigenvalue weighted by molar-refractivity contribution is 6.14. The minimum absolute atomic E-state index is 0.0897. The molecule has 0 bridgehead atoms. The standard InChI is InChI=1S/C20H19N5O.C2HF3O2/c1-2-16(13-7-4-3-5-8-13)23-20-24-17(19(26)25-20)11-14-12-22-18-15(14)9-6-10-21-18;3-2(4,5)1(6)7/h3-12,16H,2H2,1H3,(H,21,22)(H2,23,24,25,26);(H,6,7)/b17-11-;. The van der Waals surface area contributed by atoms with Gasteiger partial charge in [0.25, 0.3) is 5.91 Å². The van der Waals surface area contributed by atoms with Crippen LogP contribution in [0.5, 0.6) is 0 Å². The predicted molar refractivity (Wildman–Crippen MR) is 116 cm³/mol. The lowest BCUT2D eigenvalue weighted by Crippen LogP contribution is -2.38. The molecular weight excluding hydrogens is 439 g/mol. The SMILES string of the molecule is CCC(NC1=N/C(=C\c2c[nH]c3ncccc23)C(=O)N1)c1ccccc1.O=C(O)C(F)(F)F. The Morgan fingerprint density at radius 2 is 1.91 bits per heavy atom. The van der Waals surface area contributed by atoms with Crippen LogP contribution in [0.1, 0.15) is 30.5 Å². The topological polar surface area (TPSA) is 119 Å². The number of H-pyrrole nitrogens is 1. The number of aromatic amines is 1. The molecule has 33 heavy (non-hydrogen) atoms. The molecule has 3 aromatic rings. The fourth-order valence-electron chi connectivity index (χ4n) is 3.05. The van der Waals surface area contributed by atoms with E-state index in [4.69, 9.17) is 9.90 Å². The molecule has 0 spiro atoms. The number of pyridine rings is 1. The zero-order chi connectivity index (χ0) is 24.0. The molecule has 0 aliphatic carbocycles. The number of benzene rings is 1. The summed E-state index contributed by atoms with van der Waals surface area (Å²) in [5.74, 6) is -2.49. The lowest BCUT2D eigenvalue weighted by atomic mass is 10.1. The predicted octanol–water partition coefficient (Wildman–Crippen LogP) is 3.76. The number of carboxylic acids is 1. The molecule has 1 aliphatic rings. The number of nitrogens with zero attached hydrogens (tertiary/aromatic N) is 2. The maximum Gasteiger partial charge on any atom is 0.490 e. The first-order valence-corrected chi connectivity index (χ1v) is 9.84. The molecule has 4 rings (SSSR count). The van der Waals surface area contributed by atoms with E-state index in [0.717, 1.165) is 28.6 Å². The van der Waals surface area contributed by atoms with Gasteiger partial charge in [-0.1, -0.05) is 37.3 Å². The number of aliphatic imine (C=N–C) groups is 1. The number of alkyl halides is 3. The molecule has 172 valence electrons. The van der Waals surface area contributed by atoms with Crippen LogP contribution in [0.3, 0.4) is 0 Å². The van der Waals surface area contributed by atoms with E-state index in [1.165, 1.54) is 0 Å². The van der Waals surface area contributed by atoms with Crippen molar-refractivity contribution in [1.29, 1.82) is 0 Å². The number of rotatable bonds is 4. The molecule has 1 aromatic carbocycles. The van der Waals surface area contributed by atoms with Crippen molar-refractivity contribution in [2.45, 2.75) is 25.6 Å². The number of aliphatic carboxylic acids is 1. The van der Waals surface area contributed by atoms with Crippen LogP contribution in [0.2, 0.25) is 0 Å². The van der Waals surface area contributed by atoms with Gasteiger partial charge >= 0.3 is 12.1 Å². The second kappa shape index (κ2) is 9.98. The number of fused-ring (bicyclic) bond motifs is 1. The highest BCUT2D eigenvalue weighted by Gasteiger charge is 2.38. The molecule has 8 nitrogen and oxygen atoms in total. The second-order valence-corrected chi connectivity index (χ2v) is 6.91. The zero-order valence-corrected chi connectivity index (χ0v) is 17.3. The van der Waals surface area contributed by atoms with Crippen LogP contribution < -0.4 is 10.6 Å². The second-order valence-electron chi connectivity index (χ2n) is 6.91. The molecule has 3 heterocycles. The summed E-state index contributed by atoms with van der Waals surface area (Å²) < 4.78 is 31.7. The van der Waals surface area contributed by atoms with Crippen LogP contribution in [0.4, 0.5) is 13.2 Å². The summed E-state index contributed by atoms with van der Waals surface area (Å²) in [6.07, 6.45) is 1.13. The van der Waals surface area contributed by atoms with Crippen molar-refractivity contribution in [2.24, 2.45) is 4.99 Å². The first kappa shape index (κ1) is 23.5. The van der Waals surface area contributed by atoms with Gasteiger partial charge in [-0.2, -0.15) is 13.2 Å². The summed E-state index contributed by atoms with van der Waals surface area (Å²) in [7, 11) is 0. The molecule has 11 heteroatoms. The van der Waals surface area contributed by atoms with Gasteiger partial charge in [0.2, 0.25) is 5.96 Å². The van der Waals surface area contributed by atoms with Crippen molar-refractivity contribution in [3.63, 3.8) is 0 Å². The van der Waals surface area contributed by atoms with E-state index < -0.39 is 12.1 Å². The quantitative estimate of drug-likeness (QED) is 0.443. The summed E-state index contributed by atoms with van der Waals surface area (Å²) >= 11 is 0. The van der Waals surface area contributed by atoms with E-state index >= 15 is 0 Å². The van der Waals surface area contributed by atoms with Crippen LogP contribution >= 0.6 is 0 Å². The van der Waals surface area contributed by atoms with Crippen molar-refractivity contribution < 1.29 is 27.9 Å². The molecule has 1 unspecified atom stereocenters. The number of aromatic nitrogens is 2. The first-order chi connectivity index (χ1) is 15.7. The Bertz CT molecular complexity index is 1200. The first-order valence-electron chi connectivity index (χ1n) is 9.84. The monoisotopic (exact) mass is 459 g/mol. The molecule has 0 fully saturated rings. The fraction of sp³-hybridized carbons (Fsp3) is 0.182. The van der Waals surface area contributed by atoms with Crippen LogP contribution in [0.25, 0.3) is 17.1 Å². The summed E-state index contributed by atoms with van der Waals surface area (Å²) in [4.78, 5) is 33.0. The maximum absolute atomic E-state index is 12.3. The smallest absolute Gasteiger partial charge is 0.475 e. The van der Waals surface area contributed by atoms with Gasteiger partial charge in [-0.05, 0) is 30.2 Å². The molecule has 2 aromatic heterocycles. The summed E-state index contributed by atoms with van der Waals surface area (Å²) in [5, 5.41) is 14.2. The molecule has 0 saturated carbocycles. The third-order valence-corrected chi connectivity index (χ3v) is 4.64. The highest BCUT2D eigenvalue weighted by Crippen LogP contribution is 2.21. The minimum Gasteiger partial charge on any atom is -0.475 e. The average molecular weight is 459 g/mol. The van der Waals surface area contributed by atoms with E-state index in [9.17, 15) is 18.0 Å². The Balaban J connectivity index is 0.000000383. The van der Waals surface area contributed by atoms with E-state index in [1.54, 1.807) is 12.3 Å². The number of hydrogen-bond donors (Lipinski definition) is 4. The number of halogens is 3. The Morgan fingerprint density at radius 3 is 2.55 bits per heavy atom. The third-order valence-electron chi connectivity index (χ3n) is 4.64. The summed E-state index contributed by atoms with van der Waals surface area (Å²) in [6, 6.07) is 14.0. The molecule has 4 N–H and O–H groups in total. The van der Waals surface area contributed by atoms with Crippen molar-refractivity contribution >= 4 is 34.9 Å². The number of carboxylic acid groups (broad SMARTS) is 1. The van der Waals surface area contributed by atoms with Crippen LogP contribution in [0.15, 0.2) is 65.5 Å². The van der Waals surface area contributed by atoms with Gasteiger partial charge in [0.15, 0.2) is 0 Å². The van der Waals surface area contributed by atoms with Gasteiger partial charge in [-0.15, -0.1) is 0 Å². The van der Waals surface area contributed by atoms with E-state index in [2.05, 4.69) is 44.7 Å².